The van der Waals surface area contributed by atoms with E-state index in [0.717, 1.165) is 22.4 Å². The molecule has 0 aliphatic heterocycles. The van der Waals surface area contributed by atoms with Crippen LogP contribution in [0.5, 0.6) is 0 Å². The average Bonchev–Trinajstić information content (AvgIpc) is 3.02. The van der Waals surface area contributed by atoms with Gasteiger partial charge in [0, 0.05) is 17.0 Å². The topological polar surface area (TPSA) is 39.9 Å². The van der Waals surface area contributed by atoms with E-state index in [2.05, 4.69) is 10.1 Å². The van der Waals surface area contributed by atoms with Gasteiger partial charge in [0.1, 0.15) is 12.4 Å². The third kappa shape index (κ3) is 4.90. The predicted molar refractivity (Wildman–Crippen MR) is 102 cm³/mol. The Morgan fingerprint density at radius 2 is 1.96 bits per heavy atom. The number of ether oxygens (including phenoxy) is 1. The van der Waals surface area contributed by atoms with Gasteiger partial charge in [-0.1, -0.05) is 35.4 Å². The molecule has 0 saturated heterocycles. The standard InChI is InChI=1S/C20H20ClF2N3O/c1-13-4-3-5-15(10-13)20-24-19(8-9-27-12-18(22)23)26(25-20)17-7-6-16(21)11-14(17)2/h3-7,10-11,18H,8-9,12H2,1-2H3. The van der Waals surface area contributed by atoms with Gasteiger partial charge in [0.2, 0.25) is 0 Å². The molecular weight excluding hydrogens is 372 g/mol. The lowest BCUT2D eigenvalue weighted by Gasteiger charge is -2.09. The molecule has 0 amide bonds. The number of benzene rings is 2. The summed E-state index contributed by atoms with van der Waals surface area (Å²) < 4.78 is 31.3. The molecule has 0 bridgehead atoms. The van der Waals surface area contributed by atoms with Gasteiger partial charge >= 0.3 is 0 Å². The maximum Gasteiger partial charge on any atom is 0.261 e. The van der Waals surface area contributed by atoms with E-state index in [0.29, 0.717) is 23.1 Å². The summed E-state index contributed by atoms with van der Waals surface area (Å²) in [5.41, 5.74) is 3.79. The Morgan fingerprint density at radius 1 is 1.15 bits per heavy atom. The normalized spacial score (nSPS) is 11.3. The molecule has 0 radical (unpaired) electrons. The number of aromatic nitrogens is 3. The molecule has 4 nitrogen and oxygen atoms in total. The quantitative estimate of drug-likeness (QED) is 0.530. The van der Waals surface area contributed by atoms with E-state index < -0.39 is 13.0 Å². The zero-order chi connectivity index (χ0) is 19.4. The van der Waals surface area contributed by atoms with Crippen LogP contribution in [0.3, 0.4) is 0 Å². The van der Waals surface area contributed by atoms with Crippen LogP contribution < -0.4 is 0 Å². The Balaban J connectivity index is 1.96. The van der Waals surface area contributed by atoms with Crippen molar-refractivity contribution in [2.24, 2.45) is 0 Å². The van der Waals surface area contributed by atoms with Gasteiger partial charge in [-0.25, -0.2) is 18.4 Å². The lowest BCUT2D eigenvalue weighted by Crippen LogP contribution is -2.11. The summed E-state index contributed by atoms with van der Waals surface area (Å²) in [4.78, 5) is 4.63. The first-order valence-electron chi connectivity index (χ1n) is 8.59. The predicted octanol–water partition coefficient (Wildman–Crippen LogP) is 5.03. The van der Waals surface area contributed by atoms with Gasteiger partial charge in [-0.15, -0.1) is 5.10 Å². The highest BCUT2D eigenvalue weighted by Gasteiger charge is 2.15. The van der Waals surface area contributed by atoms with Crippen LogP contribution >= 0.6 is 11.6 Å². The Bertz CT molecular complexity index is 927. The first-order chi connectivity index (χ1) is 12.9. The summed E-state index contributed by atoms with van der Waals surface area (Å²) in [6.07, 6.45) is -2.11. The second-order valence-corrected chi connectivity index (χ2v) is 6.72. The highest BCUT2D eigenvalue weighted by molar-refractivity contribution is 6.30. The molecule has 0 unspecified atom stereocenters. The molecule has 0 saturated carbocycles. The van der Waals surface area contributed by atoms with Crippen LogP contribution in [-0.4, -0.2) is 34.4 Å². The van der Waals surface area contributed by atoms with Gasteiger partial charge in [-0.3, -0.25) is 0 Å². The van der Waals surface area contributed by atoms with Crippen LogP contribution in [0.25, 0.3) is 17.1 Å². The number of aryl methyl sites for hydroxylation is 2. The van der Waals surface area contributed by atoms with Crippen molar-refractivity contribution in [1.29, 1.82) is 0 Å². The molecule has 2 aromatic carbocycles. The zero-order valence-electron chi connectivity index (χ0n) is 15.1. The van der Waals surface area contributed by atoms with Crippen LogP contribution in [0.4, 0.5) is 8.78 Å². The third-order valence-electron chi connectivity index (χ3n) is 4.05. The molecule has 0 aliphatic carbocycles. The molecule has 27 heavy (non-hydrogen) atoms. The van der Waals surface area contributed by atoms with Crippen molar-refractivity contribution in [3.05, 3.63) is 64.4 Å². The van der Waals surface area contributed by atoms with Gasteiger partial charge in [0.05, 0.1) is 12.3 Å². The largest absolute Gasteiger partial charge is 0.375 e. The molecule has 0 fully saturated rings. The Morgan fingerprint density at radius 3 is 2.67 bits per heavy atom. The summed E-state index contributed by atoms with van der Waals surface area (Å²) in [7, 11) is 0. The highest BCUT2D eigenvalue weighted by atomic mass is 35.5. The van der Waals surface area contributed by atoms with Crippen molar-refractivity contribution < 1.29 is 13.5 Å². The molecule has 0 N–H and O–H groups in total. The summed E-state index contributed by atoms with van der Waals surface area (Å²) in [5.74, 6) is 1.23. The Labute approximate surface area is 161 Å². The fraction of sp³-hybridized carbons (Fsp3) is 0.300. The maximum atomic E-state index is 12.3. The number of alkyl halides is 2. The fourth-order valence-electron chi connectivity index (χ4n) is 2.80. The number of nitrogens with zero attached hydrogens (tertiary/aromatic N) is 3. The minimum absolute atomic E-state index is 0.142. The van der Waals surface area contributed by atoms with Crippen molar-refractivity contribution >= 4 is 11.6 Å². The van der Waals surface area contributed by atoms with Gasteiger partial charge in [0.25, 0.3) is 6.43 Å². The van der Waals surface area contributed by atoms with E-state index in [4.69, 9.17) is 16.3 Å². The summed E-state index contributed by atoms with van der Waals surface area (Å²) in [6.45, 7) is 3.50. The summed E-state index contributed by atoms with van der Waals surface area (Å²) in [6, 6.07) is 13.4. The molecule has 1 aromatic heterocycles. The molecule has 142 valence electrons. The second kappa shape index (κ2) is 8.59. The smallest absolute Gasteiger partial charge is 0.261 e. The Kier molecular flexibility index (Phi) is 6.19. The maximum absolute atomic E-state index is 12.3. The number of rotatable bonds is 7. The summed E-state index contributed by atoms with van der Waals surface area (Å²) >= 11 is 6.06. The third-order valence-corrected chi connectivity index (χ3v) is 4.29. The molecule has 0 aliphatic rings. The fourth-order valence-corrected chi connectivity index (χ4v) is 3.02. The molecule has 0 spiro atoms. The summed E-state index contributed by atoms with van der Waals surface area (Å²) in [5, 5.41) is 5.29. The zero-order valence-corrected chi connectivity index (χ0v) is 15.9. The van der Waals surface area contributed by atoms with Crippen LogP contribution in [0.1, 0.15) is 17.0 Å². The van der Waals surface area contributed by atoms with Crippen molar-refractivity contribution in [2.75, 3.05) is 13.2 Å². The van der Waals surface area contributed by atoms with E-state index in [1.54, 1.807) is 10.7 Å². The Hall–Kier alpha value is -2.31. The molecule has 3 aromatic rings. The molecule has 0 atom stereocenters. The van der Waals surface area contributed by atoms with Crippen LogP contribution in [-0.2, 0) is 11.2 Å². The van der Waals surface area contributed by atoms with Crippen LogP contribution in [0.15, 0.2) is 42.5 Å². The van der Waals surface area contributed by atoms with Gasteiger partial charge in [0.15, 0.2) is 5.82 Å². The van der Waals surface area contributed by atoms with E-state index in [1.807, 2.05) is 50.2 Å². The lowest BCUT2D eigenvalue weighted by atomic mass is 10.1. The van der Waals surface area contributed by atoms with Crippen molar-refractivity contribution in [1.82, 2.24) is 14.8 Å². The van der Waals surface area contributed by atoms with Crippen molar-refractivity contribution in [3.63, 3.8) is 0 Å². The minimum Gasteiger partial charge on any atom is -0.375 e. The SMILES string of the molecule is Cc1cccc(-c2nc(CCOCC(F)F)n(-c3ccc(Cl)cc3C)n2)c1. The monoisotopic (exact) mass is 391 g/mol. The number of hydrogen-bond acceptors (Lipinski definition) is 3. The average molecular weight is 392 g/mol. The number of hydrogen-bond donors (Lipinski definition) is 0. The van der Waals surface area contributed by atoms with Gasteiger partial charge < -0.3 is 4.74 Å². The van der Waals surface area contributed by atoms with E-state index in [9.17, 15) is 8.78 Å². The minimum atomic E-state index is -2.48. The lowest BCUT2D eigenvalue weighted by molar-refractivity contribution is 0.0182. The van der Waals surface area contributed by atoms with Gasteiger partial charge in [-0.05, 0) is 43.7 Å². The van der Waals surface area contributed by atoms with Crippen molar-refractivity contribution in [2.45, 2.75) is 26.7 Å². The first-order valence-corrected chi connectivity index (χ1v) is 8.97. The van der Waals surface area contributed by atoms with E-state index in [-0.39, 0.29) is 6.61 Å². The van der Waals surface area contributed by atoms with Crippen LogP contribution in [0, 0.1) is 13.8 Å². The highest BCUT2D eigenvalue weighted by Crippen LogP contribution is 2.23. The van der Waals surface area contributed by atoms with Crippen LogP contribution in [0.2, 0.25) is 5.02 Å². The first kappa shape index (κ1) is 19.5. The number of halogens is 3. The molecule has 7 heteroatoms. The van der Waals surface area contributed by atoms with E-state index in [1.165, 1.54) is 0 Å². The molecule has 1 heterocycles. The molecular formula is C20H20ClF2N3O. The van der Waals surface area contributed by atoms with Gasteiger partial charge in [-0.2, -0.15) is 0 Å². The van der Waals surface area contributed by atoms with E-state index >= 15 is 0 Å². The second-order valence-electron chi connectivity index (χ2n) is 6.28. The van der Waals surface area contributed by atoms with Crippen molar-refractivity contribution in [3.8, 4) is 17.1 Å². The molecule has 3 rings (SSSR count).